The van der Waals surface area contributed by atoms with Gasteiger partial charge < -0.3 is 41.2 Å². The van der Waals surface area contributed by atoms with Crippen LogP contribution in [0.4, 0.5) is 0 Å². The van der Waals surface area contributed by atoms with Crippen molar-refractivity contribution in [1.29, 1.82) is 0 Å². The Balaban J connectivity index is -0.0000000112. The van der Waals surface area contributed by atoms with Gasteiger partial charge >= 0.3 is 46.1 Å². The quantitative estimate of drug-likeness (QED) is 0.318. The SMILES string of the molecule is C[C-](C)C.C[C-](C)C.[Br-].[Cl-].[Mg+2].[Mg+2]. The molecule has 0 bridgehead atoms. The van der Waals surface area contributed by atoms with Gasteiger partial charge in [-0.25, -0.2) is 0 Å². The molecule has 0 saturated carbocycles. The summed E-state index contributed by atoms with van der Waals surface area (Å²) < 4.78 is 0. The second-order valence-electron chi connectivity index (χ2n) is 3.00. The van der Waals surface area contributed by atoms with Gasteiger partial charge in [-0.15, -0.1) is 0 Å². The molecule has 0 unspecified atom stereocenters. The van der Waals surface area contributed by atoms with Gasteiger partial charge in [-0.3, -0.25) is 0 Å². The van der Waals surface area contributed by atoms with E-state index >= 15 is 0 Å². The zero-order valence-electron chi connectivity index (χ0n) is 9.17. The smallest absolute Gasteiger partial charge is 1.00 e. The van der Waals surface area contributed by atoms with E-state index in [-0.39, 0.29) is 75.5 Å². The summed E-state index contributed by atoms with van der Waals surface area (Å²) in [5.41, 5.74) is 0. The molecule has 4 heteroatoms. The molecule has 0 atom stereocenters. The van der Waals surface area contributed by atoms with Crippen LogP contribution in [0.2, 0.25) is 0 Å². The van der Waals surface area contributed by atoms with E-state index in [0.717, 1.165) is 0 Å². The van der Waals surface area contributed by atoms with Crippen molar-refractivity contribution >= 4 is 46.1 Å². The Morgan fingerprint density at radius 2 is 0.583 bits per heavy atom. The molecule has 0 heterocycles. The molecule has 0 aromatic rings. The Bertz CT molecular complexity index is 32.5. The minimum Gasteiger partial charge on any atom is -1.00 e. The first-order valence-corrected chi connectivity index (χ1v) is 3.00. The minimum atomic E-state index is 0. The summed E-state index contributed by atoms with van der Waals surface area (Å²) in [7, 11) is 0. The van der Waals surface area contributed by atoms with Crippen LogP contribution in [0.15, 0.2) is 0 Å². The standard InChI is InChI=1S/2C4H9.BrH.ClH.2Mg/c2*1-4(2)3;;;;/h2*1-3H3;2*1H;;/q2*-1;;;2*+2/p-2. The summed E-state index contributed by atoms with van der Waals surface area (Å²) in [4.78, 5) is 0. The third kappa shape index (κ3) is 296. The van der Waals surface area contributed by atoms with Crippen LogP contribution in [0.5, 0.6) is 0 Å². The van der Waals surface area contributed by atoms with E-state index in [2.05, 4.69) is 41.5 Å². The summed E-state index contributed by atoms with van der Waals surface area (Å²) in [6.45, 7) is 12.5. The molecule has 0 amide bonds. The fourth-order valence-electron chi connectivity index (χ4n) is 0. The first-order chi connectivity index (χ1) is 3.46. The molecule has 0 aliphatic rings. The largest absolute Gasteiger partial charge is 2.00 e. The zero-order valence-corrected chi connectivity index (χ0v) is 14.3. The van der Waals surface area contributed by atoms with Crippen molar-refractivity contribution in [3.05, 3.63) is 11.8 Å². The summed E-state index contributed by atoms with van der Waals surface area (Å²) in [5.74, 6) is 2.83. The van der Waals surface area contributed by atoms with Crippen LogP contribution in [0, 0.1) is 11.8 Å². The Labute approximate surface area is 128 Å². The van der Waals surface area contributed by atoms with Gasteiger partial charge in [-0.1, -0.05) is 0 Å². The average molecular weight is 278 g/mol. The Morgan fingerprint density at radius 3 is 0.583 bits per heavy atom. The van der Waals surface area contributed by atoms with E-state index in [9.17, 15) is 0 Å². The fourth-order valence-corrected chi connectivity index (χ4v) is 0. The maximum atomic E-state index is 2.08. The van der Waals surface area contributed by atoms with E-state index in [1.54, 1.807) is 0 Å². The number of hydrogen-bond donors (Lipinski definition) is 0. The van der Waals surface area contributed by atoms with Gasteiger partial charge in [0.2, 0.25) is 0 Å². The van der Waals surface area contributed by atoms with E-state index in [4.69, 9.17) is 0 Å². The normalized spacial score (nSPS) is 6.00. The molecule has 0 fully saturated rings. The predicted octanol–water partition coefficient (Wildman–Crippen LogP) is -3.51. The molecule has 0 aromatic heterocycles. The van der Waals surface area contributed by atoms with E-state index in [1.807, 2.05) is 0 Å². The van der Waals surface area contributed by atoms with Gasteiger partial charge in [0, 0.05) is 0 Å². The Morgan fingerprint density at radius 1 is 0.583 bits per heavy atom. The molecule has 0 radical (unpaired) electrons. The summed E-state index contributed by atoms with van der Waals surface area (Å²) in [6, 6.07) is 0. The van der Waals surface area contributed by atoms with Crippen molar-refractivity contribution in [2.75, 3.05) is 0 Å². The van der Waals surface area contributed by atoms with E-state index in [1.165, 1.54) is 11.8 Å². The first-order valence-electron chi connectivity index (χ1n) is 3.00. The molecule has 0 N–H and O–H groups in total. The number of rotatable bonds is 0. The first kappa shape index (κ1) is 36.7. The minimum absolute atomic E-state index is 0. The van der Waals surface area contributed by atoms with Crippen LogP contribution in [0.25, 0.3) is 0 Å². The molecule has 0 rings (SSSR count). The molecule has 0 aliphatic carbocycles. The average Bonchev–Trinajstić information content (AvgIpc) is 1.25. The summed E-state index contributed by atoms with van der Waals surface area (Å²) >= 11 is 0. The summed E-state index contributed by atoms with van der Waals surface area (Å²) in [6.07, 6.45) is 0. The van der Waals surface area contributed by atoms with E-state index in [0.29, 0.717) is 0 Å². The molecule has 0 aromatic carbocycles. The Kier molecular flexibility index (Phi) is 89.4. The molecule has 0 saturated heterocycles. The monoisotopic (exact) mass is 276 g/mol. The predicted molar refractivity (Wildman–Crippen MR) is 52.0 cm³/mol. The van der Waals surface area contributed by atoms with E-state index < -0.39 is 0 Å². The fraction of sp³-hybridized carbons (Fsp3) is 0.750. The van der Waals surface area contributed by atoms with Gasteiger partial charge in [0.15, 0.2) is 0 Å². The van der Waals surface area contributed by atoms with Crippen molar-refractivity contribution in [2.24, 2.45) is 0 Å². The molecular formula is C8H18BrClMg2. The molecule has 0 spiro atoms. The van der Waals surface area contributed by atoms with Crippen LogP contribution in [0.1, 0.15) is 41.5 Å². The van der Waals surface area contributed by atoms with Gasteiger partial charge in [-0.2, -0.15) is 41.5 Å². The van der Waals surface area contributed by atoms with Crippen molar-refractivity contribution < 1.29 is 29.4 Å². The third-order valence-electron chi connectivity index (χ3n) is 0. The second-order valence-corrected chi connectivity index (χ2v) is 3.00. The van der Waals surface area contributed by atoms with Crippen LogP contribution in [0.3, 0.4) is 0 Å². The maximum absolute atomic E-state index is 2.08. The Hall–Kier alpha value is 2.30. The maximum Gasteiger partial charge on any atom is 2.00 e. The third-order valence-corrected chi connectivity index (χ3v) is 0. The van der Waals surface area contributed by atoms with Crippen LogP contribution in [-0.4, -0.2) is 46.1 Å². The van der Waals surface area contributed by atoms with Crippen LogP contribution in [-0.2, 0) is 0 Å². The molecular weight excluding hydrogens is 260 g/mol. The van der Waals surface area contributed by atoms with Crippen molar-refractivity contribution in [3.63, 3.8) is 0 Å². The number of halogens is 2. The molecule has 12 heavy (non-hydrogen) atoms. The van der Waals surface area contributed by atoms with Gasteiger partial charge in [0.25, 0.3) is 0 Å². The number of hydrogen-bond acceptors (Lipinski definition) is 0. The topological polar surface area (TPSA) is 0 Å². The van der Waals surface area contributed by atoms with Gasteiger partial charge in [0.05, 0.1) is 0 Å². The van der Waals surface area contributed by atoms with Crippen molar-refractivity contribution in [3.8, 4) is 0 Å². The second kappa shape index (κ2) is 29.2. The van der Waals surface area contributed by atoms with Gasteiger partial charge in [0.1, 0.15) is 0 Å². The molecule has 68 valence electrons. The van der Waals surface area contributed by atoms with Crippen molar-refractivity contribution in [2.45, 2.75) is 41.5 Å². The van der Waals surface area contributed by atoms with Gasteiger partial charge in [-0.05, 0) is 0 Å². The van der Waals surface area contributed by atoms with Crippen LogP contribution < -0.4 is 29.4 Å². The van der Waals surface area contributed by atoms with Crippen molar-refractivity contribution in [1.82, 2.24) is 0 Å². The summed E-state index contributed by atoms with van der Waals surface area (Å²) in [5, 5.41) is 0. The van der Waals surface area contributed by atoms with Crippen LogP contribution >= 0.6 is 0 Å². The molecule has 0 nitrogen and oxygen atoms in total. The zero-order chi connectivity index (χ0) is 7.15. The molecule has 0 aliphatic heterocycles.